The van der Waals surface area contributed by atoms with Crippen LogP contribution in [0.2, 0.25) is 0 Å². The lowest BCUT2D eigenvalue weighted by atomic mass is 10.1. The molecule has 1 rings (SSSR count). The van der Waals surface area contributed by atoms with E-state index in [1.54, 1.807) is 6.92 Å². The maximum Gasteiger partial charge on any atom is 0.219 e. The third-order valence-electron chi connectivity index (χ3n) is 2.36. The minimum Gasteiger partial charge on any atom is -0.398 e. The number of para-hydroxylation sites is 1. The van der Waals surface area contributed by atoms with Crippen LogP contribution in [-0.2, 0) is 11.3 Å². The van der Waals surface area contributed by atoms with E-state index in [9.17, 15) is 4.79 Å². The summed E-state index contributed by atoms with van der Waals surface area (Å²) in [5, 5.41) is 0. The Bertz CT molecular complexity index is 336. The van der Waals surface area contributed by atoms with Gasteiger partial charge >= 0.3 is 0 Å². The Balaban J connectivity index is 2.74. The Kier molecular flexibility index (Phi) is 4.16. The molecular formula is C12H18N2O. The van der Waals surface area contributed by atoms with Crippen molar-refractivity contribution in [1.29, 1.82) is 0 Å². The zero-order valence-electron chi connectivity index (χ0n) is 9.36. The van der Waals surface area contributed by atoms with Crippen molar-refractivity contribution < 1.29 is 4.79 Å². The summed E-state index contributed by atoms with van der Waals surface area (Å²) in [6.45, 7) is 5.04. The molecule has 0 aliphatic rings. The summed E-state index contributed by atoms with van der Waals surface area (Å²) in [5.74, 6) is 0.0973. The van der Waals surface area contributed by atoms with Crippen molar-refractivity contribution in [1.82, 2.24) is 4.90 Å². The summed E-state index contributed by atoms with van der Waals surface area (Å²) in [4.78, 5) is 13.1. The van der Waals surface area contributed by atoms with Crippen LogP contribution >= 0.6 is 0 Å². The second-order valence-electron chi connectivity index (χ2n) is 3.64. The number of hydrogen-bond acceptors (Lipinski definition) is 2. The van der Waals surface area contributed by atoms with E-state index in [0.29, 0.717) is 6.54 Å². The van der Waals surface area contributed by atoms with Gasteiger partial charge in [-0.3, -0.25) is 4.79 Å². The first kappa shape index (κ1) is 11.6. The first-order valence-electron chi connectivity index (χ1n) is 5.24. The SMILES string of the molecule is CCCN(Cc1ccccc1N)C(C)=O. The largest absolute Gasteiger partial charge is 0.398 e. The van der Waals surface area contributed by atoms with Gasteiger partial charge in [-0.1, -0.05) is 25.1 Å². The predicted molar refractivity (Wildman–Crippen MR) is 62.2 cm³/mol. The number of rotatable bonds is 4. The van der Waals surface area contributed by atoms with E-state index >= 15 is 0 Å². The van der Waals surface area contributed by atoms with E-state index in [-0.39, 0.29) is 5.91 Å². The van der Waals surface area contributed by atoms with E-state index in [4.69, 9.17) is 5.73 Å². The average Bonchev–Trinajstić information content (AvgIpc) is 2.20. The van der Waals surface area contributed by atoms with Gasteiger partial charge in [-0.25, -0.2) is 0 Å². The van der Waals surface area contributed by atoms with E-state index < -0.39 is 0 Å². The Morgan fingerprint density at radius 2 is 2.07 bits per heavy atom. The molecule has 0 saturated heterocycles. The van der Waals surface area contributed by atoms with Crippen molar-refractivity contribution >= 4 is 11.6 Å². The highest BCUT2D eigenvalue weighted by Gasteiger charge is 2.09. The summed E-state index contributed by atoms with van der Waals surface area (Å²) < 4.78 is 0. The number of anilines is 1. The fourth-order valence-corrected chi connectivity index (χ4v) is 1.50. The summed E-state index contributed by atoms with van der Waals surface area (Å²) in [6, 6.07) is 7.66. The van der Waals surface area contributed by atoms with Crippen LogP contribution in [0.5, 0.6) is 0 Å². The normalized spacial score (nSPS) is 10.0. The Labute approximate surface area is 90.9 Å². The minimum atomic E-state index is 0.0973. The van der Waals surface area contributed by atoms with E-state index in [1.807, 2.05) is 29.2 Å². The smallest absolute Gasteiger partial charge is 0.219 e. The van der Waals surface area contributed by atoms with E-state index in [2.05, 4.69) is 6.92 Å². The first-order chi connectivity index (χ1) is 7.15. The van der Waals surface area contributed by atoms with Gasteiger partial charge in [0.25, 0.3) is 0 Å². The quantitative estimate of drug-likeness (QED) is 0.766. The molecule has 0 spiro atoms. The van der Waals surface area contributed by atoms with Crippen LogP contribution < -0.4 is 5.73 Å². The maximum atomic E-state index is 11.3. The van der Waals surface area contributed by atoms with Gasteiger partial charge in [-0.2, -0.15) is 0 Å². The lowest BCUT2D eigenvalue weighted by Gasteiger charge is -2.21. The molecule has 0 bridgehead atoms. The molecular weight excluding hydrogens is 188 g/mol. The van der Waals surface area contributed by atoms with Gasteiger partial charge in [0.05, 0.1) is 0 Å². The van der Waals surface area contributed by atoms with Gasteiger partial charge in [0.1, 0.15) is 0 Å². The zero-order valence-corrected chi connectivity index (χ0v) is 9.36. The van der Waals surface area contributed by atoms with Crippen molar-refractivity contribution in [2.75, 3.05) is 12.3 Å². The summed E-state index contributed by atoms with van der Waals surface area (Å²) in [6.07, 6.45) is 0.965. The molecule has 0 unspecified atom stereocenters. The molecule has 82 valence electrons. The molecule has 2 N–H and O–H groups in total. The van der Waals surface area contributed by atoms with Crippen LogP contribution in [0.15, 0.2) is 24.3 Å². The molecule has 3 heteroatoms. The Morgan fingerprint density at radius 3 is 2.60 bits per heavy atom. The van der Waals surface area contributed by atoms with Gasteiger partial charge < -0.3 is 10.6 Å². The molecule has 0 radical (unpaired) electrons. The predicted octanol–water partition coefficient (Wildman–Crippen LogP) is 2.03. The van der Waals surface area contributed by atoms with Crippen molar-refractivity contribution in [3.05, 3.63) is 29.8 Å². The van der Waals surface area contributed by atoms with Gasteiger partial charge in [0, 0.05) is 25.7 Å². The highest BCUT2D eigenvalue weighted by atomic mass is 16.2. The van der Waals surface area contributed by atoms with Crippen LogP contribution in [0.1, 0.15) is 25.8 Å². The fourth-order valence-electron chi connectivity index (χ4n) is 1.50. The van der Waals surface area contributed by atoms with Crippen molar-refractivity contribution in [2.24, 2.45) is 0 Å². The Morgan fingerprint density at radius 1 is 1.40 bits per heavy atom. The molecule has 0 atom stereocenters. The number of carbonyl (C=O) groups is 1. The van der Waals surface area contributed by atoms with E-state index in [0.717, 1.165) is 24.2 Å². The number of benzene rings is 1. The third kappa shape index (κ3) is 3.27. The summed E-state index contributed by atoms with van der Waals surface area (Å²) >= 11 is 0. The zero-order chi connectivity index (χ0) is 11.3. The number of hydrogen-bond donors (Lipinski definition) is 1. The highest BCUT2D eigenvalue weighted by Crippen LogP contribution is 2.13. The van der Waals surface area contributed by atoms with Crippen LogP contribution in [0, 0.1) is 0 Å². The monoisotopic (exact) mass is 206 g/mol. The molecule has 3 nitrogen and oxygen atoms in total. The molecule has 0 saturated carbocycles. The average molecular weight is 206 g/mol. The summed E-state index contributed by atoms with van der Waals surface area (Å²) in [7, 11) is 0. The van der Waals surface area contributed by atoms with Gasteiger partial charge in [-0.05, 0) is 18.1 Å². The van der Waals surface area contributed by atoms with Gasteiger partial charge in [0.15, 0.2) is 0 Å². The molecule has 0 aliphatic carbocycles. The Hall–Kier alpha value is -1.51. The lowest BCUT2D eigenvalue weighted by Crippen LogP contribution is -2.29. The van der Waals surface area contributed by atoms with Crippen LogP contribution in [0.3, 0.4) is 0 Å². The highest BCUT2D eigenvalue weighted by molar-refractivity contribution is 5.73. The van der Waals surface area contributed by atoms with Crippen molar-refractivity contribution in [3.63, 3.8) is 0 Å². The second-order valence-corrected chi connectivity index (χ2v) is 3.64. The second kappa shape index (κ2) is 5.39. The fraction of sp³-hybridized carbons (Fsp3) is 0.417. The van der Waals surface area contributed by atoms with Crippen molar-refractivity contribution in [2.45, 2.75) is 26.8 Å². The number of carbonyl (C=O) groups excluding carboxylic acids is 1. The van der Waals surface area contributed by atoms with E-state index in [1.165, 1.54) is 0 Å². The van der Waals surface area contributed by atoms with Crippen LogP contribution in [-0.4, -0.2) is 17.4 Å². The molecule has 0 aromatic heterocycles. The lowest BCUT2D eigenvalue weighted by molar-refractivity contribution is -0.129. The molecule has 0 heterocycles. The van der Waals surface area contributed by atoms with Crippen LogP contribution in [0.25, 0.3) is 0 Å². The number of nitrogens with zero attached hydrogens (tertiary/aromatic N) is 1. The topological polar surface area (TPSA) is 46.3 Å². The third-order valence-corrected chi connectivity index (χ3v) is 2.36. The molecule has 1 aromatic rings. The molecule has 0 fully saturated rings. The number of nitrogen functional groups attached to an aromatic ring is 1. The maximum absolute atomic E-state index is 11.3. The van der Waals surface area contributed by atoms with Crippen LogP contribution in [0.4, 0.5) is 5.69 Å². The molecule has 0 aliphatic heterocycles. The standard InChI is InChI=1S/C12H18N2O/c1-3-8-14(10(2)15)9-11-6-4-5-7-12(11)13/h4-7H,3,8-9,13H2,1-2H3. The minimum absolute atomic E-state index is 0.0973. The van der Waals surface area contributed by atoms with Crippen molar-refractivity contribution in [3.8, 4) is 0 Å². The molecule has 1 amide bonds. The number of amides is 1. The molecule has 1 aromatic carbocycles. The van der Waals surface area contributed by atoms with Gasteiger partial charge in [0.2, 0.25) is 5.91 Å². The molecule has 15 heavy (non-hydrogen) atoms. The summed E-state index contributed by atoms with van der Waals surface area (Å²) in [5.41, 5.74) is 7.59. The van der Waals surface area contributed by atoms with Gasteiger partial charge in [-0.15, -0.1) is 0 Å². The first-order valence-corrected chi connectivity index (χ1v) is 5.24. The number of nitrogens with two attached hydrogens (primary N) is 1.